The molecule has 0 aliphatic heterocycles. The van der Waals surface area contributed by atoms with Crippen molar-refractivity contribution in [2.24, 2.45) is 0 Å². The highest BCUT2D eigenvalue weighted by molar-refractivity contribution is 6.07. The molecule has 4 nitrogen and oxygen atoms in total. The summed E-state index contributed by atoms with van der Waals surface area (Å²) in [5, 5.41) is 22.5. The van der Waals surface area contributed by atoms with E-state index in [9.17, 15) is 15.0 Å². The molecular weight excluding hydrogens is 266 g/mol. The Morgan fingerprint density at radius 3 is 2.29 bits per heavy atom. The maximum Gasteiger partial charge on any atom is 0.185 e. The fourth-order valence-electron chi connectivity index (χ4n) is 1.84. The standard InChI is InChI=1S/C17H17NO3/c1-18(2)14-7-3-12(4-8-14)16(20)10-6-13-5-9-15(19)11-17(13)21/h3-11,19,21H,1-2H3/p-2/b10-6-. The Kier molecular flexibility index (Phi) is 4.28. The second-order valence-corrected chi connectivity index (χ2v) is 4.84. The van der Waals surface area contributed by atoms with E-state index in [1.54, 1.807) is 12.1 Å². The van der Waals surface area contributed by atoms with Gasteiger partial charge < -0.3 is 15.1 Å². The van der Waals surface area contributed by atoms with Crippen LogP contribution in [0.25, 0.3) is 6.08 Å². The minimum atomic E-state index is -0.380. The maximum absolute atomic E-state index is 12.0. The van der Waals surface area contributed by atoms with Crippen LogP contribution in [0.1, 0.15) is 15.9 Å². The van der Waals surface area contributed by atoms with Gasteiger partial charge in [0.15, 0.2) is 5.78 Å². The molecule has 0 saturated heterocycles. The van der Waals surface area contributed by atoms with Crippen LogP contribution in [0.5, 0.6) is 11.5 Å². The predicted molar refractivity (Wildman–Crippen MR) is 79.5 cm³/mol. The number of ketones is 1. The third-order valence-corrected chi connectivity index (χ3v) is 3.07. The largest absolute Gasteiger partial charge is 0.872 e. The van der Waals surface area contributed by atoms with E-state index in [1.807, 2.05) is 31.1 Å². The molecule has 108 valence electrons. The van der Waals surface area contributed by atoms with Crippen molar-refractivity contribution < 1.29 is 15.0 Å². The lowest BCUT2D eigenvalue weighted by Crippen LogP contribution is -2.08. The molecule has 0 aromatic heterocycles. The van der Waals surface area contributed by atoms with Gasteiger partial charge in [0.2, 0.25) is 0 Å². The second kappa shape index (κ2) is 6.13. The van der Waals surface area contributed by atoms with Crippen molar-refractivity contribution in [1.82, 2.24) is 0 Å². The number of rotatable bonds is 4. The van der Waals surface area contributed by atoms with Gasteiger partial charge in [-0.15, -0.1) is 11.5 Å². The molecule has 0 aliphatic carbocycles. The molecule has 0 radical (unpaired) electrons. The zero-order valence-corrected chi connectivity index (χ0v) is 11.9. The number of carbonyl (C=O) groups excluding carboxylic acids is 1. The average molecular weight is 281 g/mol. The van der Waals surface area contributed by atoms with E-state index >= 15 is 0 Å². The predicted octanol–water partition coefficient (Wildman–Crippen LogP) is 1.80. The summed E-state index contributed by atoms with van der Waals surface area (Å²) >= 11 is 0. The van der Waals surface area contributed by atoms with Crippen LogP contribution >= 0.6 is 0 Å². The van der Waals surface area contributed by atoms with Gasteiger partial charge in [0.1, 0.15) is 0 Å². The molecule has 2 aromatic carbocycles. The number of benzene rings is 2. The second-order valence-electron chi connectivity index (χ2n) is 4.84. The first kappa shape index (κ1) is 14.7. The van der Waals surface area contributed by atoms with Gasteiger partial charge in [0, 0.05) is 25.3 Å². The molecule has 0 spiro atoms. The summed E-state index contributed by atoms with van der Waals surface area (Å²) in [6.07, 6.45) is 2.77. The van der Waals surface area contributed by atoms with E-state index in [2.05, 4.69) is 0 Å². The van der Waals surface area contributed by atoms with E-state index in [0.29, 0.717) is 11.1 Å². The highest BCUT2D eigenvalue weighted by atomic mass is 16.3. The maximum atomic E-state index is 12.0. The monoisotopic (exact) mass is 281 g/mol. The lowest BCUT2D eigenvalue weighted by atomic mass is 10.1. The highest BCUT2D eigenvalue weighted by Crippen LogP contribution is 2.20. The zero-order valence-electron chi connectivity index (χ0n) is 11.9. The molecule has 0 heterocycles. The van der Waals surface area contributed by atoms with Crippen LogP contribution in [0.2, 0.25) is 0 Å². The summed E-state index contributed by atoms with van der Waals surface area (Å²) in [5.74, 6) is -0.900. The fraction of sp³-hybridized carbons (Fsp3) is 0.118. The van der Waals surface area contributed by atoms with E-state index in [-0.39, 0.29) is 17.3 Å². The number of carbonyl (C=O) groups is 1. The van der Waals surface area contributed by atoms with Gasteiger partial charge in [-0.25, -0.2) is 0 Å². The van der Waals surface area contributed by atoms with Gasteiger partial charge in [0.05, 0.1) is 0 Å². The van der Waals surface area contributed by atoms with Crippen LogP contribution in [-0.4, -0.2) is 19.9 Å². The first-order valence-corrected chi connectivity index (χ1v) is 6.45. The Hall–Kier alpha value is -2.75. The molecule has 0 unspecified atom stereocenters. The molecule has 21 heavy (non-hydrogen) atoms. The summed E-state index contributed by atoms with van der Waals surface area (Å²) in [5.41, 5.74) is 1.88. The van der Waals surface area contributed by atoms with Crippen LogP contribution in [0.4, 0.5) is 5.69 Å². The van der Waals surface area contributed by atoms with Gasteiger partial charge in [-0.3, -0.25) is 4.79 Å². The first-order chi connectivity index (χ1) is 9.97. The Morgan fingerprint density at radius 2 is 1.71 bits per heavy atom. The third-order valence-electron chi connectivity index (χ3n) is 3.07. The van der Waals surface area contributed by atoms with Gasteiger partial charge in [0.25, 0.3) is 0 Å². The number of anilines is 1. The van der Waals surface area contributed by atoms with Crippen LogP contribution in [0, 0.1) is 0 Å². The van der Waals surface area contributed by atoms with Crippen molar-refractivity contribution in [3.8, 4) is 11.5 Å². The Bertz CT molecular complexity index is 673. The molecule has 4 heteroatoms. The molecule has 2 aromatic rings. The quantitative estimate of drug-likeness (QED) is 0.633. The van der Waals surface area contributed by atoms with Crippen molar-refractivity contribution in [3.63, 3.8) is 0 Å². The SMILES string of the molecule is CN(C)c1ccc(C(=O)/C=C\c2ccc([O-])cc2[O-])cc1. The van der Waals surface area contributed by atoms with Crippen molar-refractivity contribution in [2.75, 3.05) is 19.0 Å². The summed E-state index contributed by atoms with van der Waals surface area (Å²) in [6, 6.07) is 10.9. The summed E-state index contributed by atoms with van der Waals surface area (Å²) in [4.78, 5) is 14.0. The minimum Gasteiger partial charge on any atom is -0.872 e. The molecule has 0 bridgehead atoms. The normalized spacial score (nSPS) is 10.8. The highest BCUT2D eigenvalue weighted by Gasteiger charge is 2.02. The molecule has 0 aliphatic rings. The number of hydrogen-bond donors (Lipinski definition) is 0. The third kappa shape index (κ3) is 3.63. The van der Waals surface area contributed by atoms with Crippen LogP contribution in [0.15, 0.2) is 48.5 Å². The van der Waals surface area contributed by atoms with Gasteiger partial charge in [-0.2, -0.15) is 0 Å². The van der Waals surface area contributed by atoms with Crippen LogP contribution in [0.3, 0.4) is 0 Å². The molecular formula is C17H15NO3-2. The Morgan fingerprint density at radius 1 is 1.05 bits per heavy atom. The lowest BCUT2D eigenvalue weighted by Gasteiger charge is -2.14. The van der Waals surface area contributed by atoms with Crippen molar-refractivity contribution >= 4 is 17.5 Å². The first-order valence-electron chi connectivity index (χ1n) is 6.45. The van der Waals surface area contributed by atoms with E-state index in [0.717, 1.165) is 11.8 Å². The molecule has 0 fully saturated rings. The van der Waals surface area contributed by atoms with Gasteiger partial charge >= 0.3 is 0 Å². The van der Waals surface area contributed by atoms with E-state index in [4.69, 9.17) is 0 Å². The Balaban J connectivity index is 2.15. The number of allylic oxidation sites excluding steroid dienone is 1. The summed E-state index contributed by atoms with van der Waals surface area (Å²) in [6.45, 7) is 0. The smallest absolute Gasteiger partial charge is 0.185 e. The molecule has 0 saturated carbocycles. The van der Waals surface area contributed by atoms with Crippen molar-refractivity contribution in [3.05, 3.63) is 59.7 Å². The fourth-order valence-corrected chi connectivity index (χ4v) is 1.84. The van der Waals surface area contributed by atoms with Gasteiger partial charge in [-0.1, -0.05) is 24.3 Å². The molecule has 0 atom stereocenters. The molecule has 0 amide bonds. The van der Waals surface area contributed by atoms with Crippen molar-refractivity contribution in [2.45, 2.75) is 0 Å². The lowest BCUT2D eigenvalue weighted by molar-refractivity contribution is -0.280. The van der Waals surface area contributed by atoms with Crippen LogP contribution in [-0.2, 0) is 0 Å². The minimum absolute atomic E-state index is 0.189. The number of hydrogen-bond acceptors (Lipinski definition) is 4. The number of nitrogens with zero attached hydrogens (tertiary/aromatic N) is 1. The molecule has 2 rings (SSSR count). The topological polar surface area (TPSA) is 66.4 Å². The Labute approximate surface area is 123 Å². The molecule has 0 N–H and O–H groups in total. The zero-order chi connectivity index (χ0) is 15.4. The summed E-state index contributed by atoms with van der Waals surface area (Å²) in [7, 11) is 3.85. The van der Waals surface area contributed by atoms with E-state index < -0.39 is 0 Å². The average Bonchev–Trinajstić information content (AvgIpc) is 2.46. The van der Waals surface area contributed by atoms with E-state index in [1.165, 1.54) is 24.3 Å². The summed E-state index contributed by atoms with van der Waals surface area (Å²) < 4.78 is 0. The van der Waals surface area contributed by atoms with Crippen LogP contribution < -0.4 is 15.1 Å². The van der Waals surface area contributed by atoms with Crippen molar-refractivity contribution in [1.29, 1.82) is 0 Å². The van der Waals surface area contributed by atoms with Gasteiger partial charge in [-0.05, 0) is 35.9 Å².